The molecule has 0 spiro atoms. The molecule has 1 atom stereocenters. The lowest BCUT2D eigenvalue weighted by Gasteiger charge is -2.13. The van der Waals surface area contributed by atoms with E-state index in [1.54, 1.807) is 0 Å². The number of hydrogen-bond acceptors (Lipinski definition) is 4. The fourth-order valence-electron chi connectivity index (χ4n) is 1.91. The number of rotatable bonds is 6. The number of nitrogens with one attached hydrogen (secondary N) is 1. The third-order valence-corrected chi connectivity index (χ3v) is 2.90. The Morgan fingerprint density at radius 3 is 2.71 bits per heavy atom. The zero-order chi connectivity index (χ0) is 15.2. The largest absolute Gasteiger partial charge is 0.481 e. The molecule has 0 aliphatic heterocycles. The van der Waals surface area contributed by atoms with E-state index in [2.05, 4.69) is 15.6 Å². The highest BCUT2D eigenvalue weighted by atomic mass is 16.4. The number of hydrogen-bond donors (Lipinski definition) is 2. The number of amides is 1. The van der Waals surface area contributed by atoms with Crippen LogP contribution in [0.2, 0.25) is 0 Å². The number of carboxylic acid groups (broad SMARTS) is 1. The molecule has 0 aliphatic rings. The van der Waals surface area contributed by atoms with Crippen LogP contribution < -0.4 is 5.32 Å². The third kappa shape index (κ3) is 4.41. The molecule has 0 radical (unpaired) electrons. The van der Waals surface area contributed by atoms with Gasteiger partial charge in [-0.3, -0.25) is 9.59 Å². The summed E-state index contributed by atoms with van der Waals surface area (Å²) in [6.07, 6.45) is 1.25. The topological polar surface area (TPSA) is 97.1 Å². The number of nitrogens with zero attached hydrogens (tertiary/aromatic N) is 3. The van der Waals surface area contributed by atoms with Gasteiger partial charge >= 0.3 is 5.97 Å². The third-order valence-electron chi connectivity index (χ3n) is 2.90. The van der Waals surface area contributed by atoms with Gasteiger partial charge in [-0.05, 0) is 12.5 Å². The lowest BCUT2D eigenvalue weighted by molar-refractivity contribution is -0.136. The van der Waals surface area contributed by atoms with Crippen molar-refractivity contribution in [2.45, 2.75) is 25.9 Å². The Bertz CT molecular complexity index is 624. The van der Waals surface area contributed by atoms with Crippen LogP contribution in [-0.4, -0.2) is 32.0 Å². The van der Waals surface area contributed by atoms with E-state index in [-0.39, 0.29) is 24.9 Å². The summed E-state index contributed by atoms with van der Waals surface area (Å²) >= 11 is 0. The first-order valence-electron chi connectivity index (χ1n) is 6.49. The molecule has 1 unspecified atom stereocenters. The average molecular weight is 288 g/mol. The molecule has 1 aromatic carbocycles. The van der Waals surface area contributed by atoms with Gasteiger partial charge in [-0.15, -0.1) is 5.10 Å². The molecule has 0 saturated heterocycles. The maximum Gasteiger partial charge on any atom is 0.309 e. The minimum absolute atomic E-state index is 0.00376. The molecule has 7 heteroatoms. The van der Waals surface area contributed by atoms with Gasteiger partial charge in [0.1, 0.15) is 6.54 Å². The molecule has 2 aromatic rings. The smallest absolute Gasteiger partial charge is 0.309 e. The molecule has 2 rings (SSSR count). The summed E-state index contributed by atoms with van der Waals surface area (Å²) < 4.78 is 1.32. The van der Waals surface area contributed by atoms with E-state index in [1.165, 1.54) is 10.9 Å². The first kappa shape index (κ1) is 14.7. The molecule has 0 bridgehead atoms. The minimum Gasteiger partial charge on any atom is -0.481 e. The molecular weight excluding hydrogens is 272 g/mol. The van der Waals surface area contributed by atoms with E-state index in [1.807, 2.05) is 37.3 Å². The summed E-state index contributed by atoms with van der Waals surface area (Å²) in [5.41, 5.74) is 1.34. The summed E-state index contributed by atoms with van der Waals surface area (Å²) in [6, 6.07) is 9.50. The maximum atomic E-state index is 11.9. The van der Waals surface area contributed by atoms with Crippen molar-refractivity contribution in [3.05, 3.63) is 47.8 Å². The second-order valence-corrected chi connectivity index (χ2v) is 4.68. The van der Waals surface area contributed by atoms with Gasteiger partial charge in [0.2, 0.25) is 5.91 Å². The molecule has 2 N–H and O–H groups in total. The highest BCUT2D eigenvalue weighted by Gasteiger charge is 2.11. The zero-order valence-electron chi connectivity index (χ0n) is 11.6. The van der Waals surface area contributed by atoms with Gasteiger partial charge in [0, 0.05) is 6.20 Å². The lowest BCUT2D eigenvalue weighted by Crippen LogP contribution is -2.30. The Morgan fingerprint density at radius 1 is 1.33 bits per heavy atom. The standard InChI is InChI=1S/C14H16N4O3/c1-10(11-5-3-2-4-6-11)15-13(19)9-18-8-12(16-17-18)7-14(20)21/h2-6,8,10H,7,9H2,1H3,(H,15,19)(H,20,21). The first-order valence-corrected chi connectivity index (χ1v) is 6.49. The summed E-state index contributed by atoms with van der Waals surface area (Å²) in [5, 5.41) is 18.9. The Kier molecular flexibility index (Phi) is 4.65. The molecule has 7 nitrogen and oxygen atoms in total. The van der Waals surface area contributed by atoms with Crippen LogP contribution in [0.25, 0.3) is 0 Å². The molecule has 110 valence electrons. The minimum atomic E-state index is -0.982. The van der Waals surface area contributed by atoms with Crippen LogP contribution in [0.1, 0.15) is 24.2 Å². The number of aliphatic carboxylic acids is 1. The van der Waals surface area contributed by atoms with E-state index in [0.29, 0.717) is 5.69 Å². The van der Waals surface area contributed by atoms with Crippen LogP contribution >= 0.6 is 0 Å². The van der Waals surface area contributed by atoms with Crippen LogP contribution in [-0.2, 0) is 22.6 Å². The lowest BCUT2D eigenvalue weighted by atomic mass is 10.1. The van der Waals surface area contributed by atoms with Crippen molar-refractivity contribution in [3.63, 3.8) is 0 Å². The van der Waals surface area contributed by atoms with E-state index in [0.717, 1.165) is 5.56 Å². The maximum absolute atomic E-state index is 11.9. The number of carbonyl (C=O) groups is 2. The summed E-state index contributed by atoms with van der Waals surface area (Å²) in [4.78, 5) is 22.5. The Labute approximate surface area is 121 Å². The van der Waals surface area contributed by atoms with Crippen LogP contribution in [0.4, 0.5) is 0 Å². The van der Waals surface area contributed by atoms with Crippen molar-refractivity contribution in [1.29, 1.82) is 0 Å². The Morgan fingerprint density at radius 2 is 2.05 bits per heavy atom. The zero-order valence-corrected chi connectivity index (χ0v) is 11.6. The van der Waals surface area contributed by atoms with Gasteiger partial charge in [0.25, 0.3) is 0 Å². The van der Waals surface area contributed by atoms with Gasteiger partial charge in [-0.2, -0.15) is 0 Å². The number of carbonyl (C=O) groups excluding carboxylic acids is 1. The molecule has 0 fully saturated rings. The van der Waals surface area contributed by atoms with Crippen LogP contribution in [0.3, 0.4) is 0 Å². The van der Waals surface area contributed by atoms with Crippen molar-refractivity contribution in [2.24, 2.45) is 0 Å². The van der Waals surface area contributed by atoms with Gasteiger partial charge in [-0.25, -0.2) is 4.68 Å². The van der Waals surface area contributed by atoms with Crippen molar-refractivity contribution >= 4 is 11.9 Å². The van der Waals surface area contributed by atoms with E-state index in [4.69, 9.17) is 5.11 Å². The normalized spacial score (nSPS) is 11.9. The van der Waals surface area contributed by atoms with Crippen LogP contribution in [0.15, 0.2) is 36.5 Å². The molecular formula is C14H16N4O3. The fourth-order valence-corrected chi connectivity index (χ4v) is 1.91. The molecule has 1 amide bonds. The van der Waals surface area contributed by atoms with E-state index >= 15 is 0 Å². The predicted molar refractivity (Wildman–Crippen MR) is 74.4 cm³/mol. The number of benzene rings is 1. The summed E-state index contributed by atoms with van der Waals surface area (Å²) in [6.45, 7) is 1.90. The van der Waals surface area contributed by atoms with Gasteiger partial charge in [0.05, 0.1) is 18.2 Å². The quantitative estimate of drug-likeness (QED) is 0.818. The van der Waals surface area contributed by atoms with Gasteiger partial charge < -0.3 is 10.4 Å². The Balaban J connectivity index is 1.89. The molecule has 0 aliphatic carbocycles. The molecule has 1 heterocycles. The first-order chi connectivity index (χ1) is 10.0. The molecule has 21 heavy (non-hydrogen) atoms. The second kappa shape index (κ2) is 6.65. The van der Waals surface area contributed by atoms with Crippen molar-refractivity contribution in [3.8, 4) is 0 Å². The molecule has 0 saturated carbocycles. The van der Waals surface area contributed by atoms with Crippen LogP contribution in [0, 0.1) is 0 Å². The second-order valence-electron chi connectivity index (χ2n) is 4.68. The SMILES string of the molecule is CC(NC(=O)Cn1cc(CC(=O)O)nn1)c1ccccc1. The number of carboxylic acids is 1. The highest BCUT2D eigenvalue weighted by molar-refractivity contribution is 5.76. The van der Waals surface area contributed by atoms with Crippen molar-refractivity contribution in [2.75, 3.05) is 0 Å². The average Bonchev–Trinajstić information content (AvgIpc) is 2.85. The summed E-state index contributed by atoms with van der Waals surface area (Å²) in [5.74, 6) is -1.19. The van der Waals surface area contributed by atoms with Gasteiger partial charge in [-0.1, -0.05) is 35.5 Å². The monoisotopic (exact) mass is 288 g/mol. The van der Waals surface area contributed by atoms with Gasteiger partial charge in [0.15, 0.2) is 0 Å². The van der Waals surface area contributed by atoms with E-state index < -0.39 is 5.97 Å². The van der Waals surface area contributed by atoms with E-state index in [9.17, 15) is 9.59 Å². The Hall–Kier alpha value is -2.70. The van der Waals surface area contributed by atoms with Crippen LogP contribution in [0.5, 0.6) is 0 Å². The predicted octanol–water partition coefficient (Wildman–Crippen LogP) is 0.783. The highest BCUT2D eigenvalue weighted by Crippen LogP contribution is 2.10. The summed E-state index contributed by atoms with van der Waals surface area (Å²) in [7, 11) is 0. The fraction of sp³-hybridized carbons (Fsp3) is 0.286. The number of aromatic nitrogens is 3. The molecule has 1 aromatic heterocycles. The van der Waals surface area contributed by atoms with Crippen molar-refractivity contribution in [1.82, 2.24) is 20.3 Å². The van der Waals surface area contributed by atoms with Crippen molar-refractivity contribution < 1.29 is 14.7 Å².